The molecule has 0 aliphatic heterocycles. The molecular weight excluding hydrogens is 1750 g/mol. The number of aliphatic hydroxyl groups excluding tert-OH is 1. The van der Waals surface area contributed by atoms with Gasteiger partial charge in [-0.1, -0.05) is 182 Å². The van der Waals surface area contributed by atoms with E-state index < -0.39 is 23.0 Å². The lowest BCUT2D eigenvalue weighted by Crippen LogP contribution is -2.02. The van der Waals surface area contributed by atoms with Gasteiger partial charge in [-0.15, -0.1) is 0 Å². The van der Waals surface area contributed by atoms with E-state index in [1.165, 1.54) is 29.0 Å². The van der Waals surface area contributed by atoms with Crippen molar-refractivity contribution in [3.63, 3.8) is 0 Å². The van der Waals surface area contributed by atoms with E-state index in [1.54, 1.807) is 62.6 Å². The fourth-order valence-corrected chi connectivity index (χ4v) is 18.0. The van der Waals surface area contributed by atoms with E-state index in [2.05, 4.69) is 139 Å². The van der Waals surface area contributed by atoms with Gasteiger partial charge in [0.25, 0.3) is 0 Å². The minimum absolute atomic E-state index is 0.232. The van der Waals surface area contributed by atoms with Crippen molar-refractivity contribution >= 4 is 147 Å². The molecule has 0 amide bonds. The van der Waals surface area contributed by atoms with Gasteiger partial charge in [0.05, 0.1) is 49.5 Å². The molecule has 10 heterocycles. The Hall–Kier alpha value is -15.2. The Balaban J connectivity index is 0.000000109. The van der Waals surface area contributed by atoms with Crippen molar-refractivity contribution in [2.45, 2.75) is 60.5 Å². The molecule has 0 saturated carbocycles. The largest absolute Gasteiger partial charge is 0.497 e. The lowest BCUT2D eigenvalue weighted by molar-refractivity contribution is 0.101. The summed E-state index contributed by atoms with van der Waals surface area (Å²) in [5, 5.41) is 19.1. The molecule has 22 aromatic rings. The number of ether oxygens (including phenoxy) is 1. The molecule has 129 heavy (non-hydrogen) atoms. The zero-order valence-corrected chi connectivity index (χ0v) is 74.2. The molecule has 1 unspecified atom stereocenters. The van der Waals surface area contributed by atoms with Gasteiger partial charge in [-0.05, 0) is 220 Å². The molecule has 12 aromatic carbocycles. The molecule has 0 spiro atoms. The van der Waals surface area contributed by atoms with Crippen LogP contribution in [0.15, 0.2) is 366 Å². The fraction of sp³-hybridized carbons (Fsp3) is 0.101. The number of aromatic nitrogens is 2. The van der Waals surface area contributed by atoms with Gasteiger partial charge >= 0.3 is 28.1 Å². The minimum Gasteiger partial charge on any atom is -0.497 e. The lowest BCUT2D eigenvalue weighted by Gasteiger charge is -2.09. The summed E-state index contributed by atoms with van der Waals surface area (Å²) >= 11 is 6.89. The molecule has 10 aromatic heterocycles. The highest BCUT2D eigenvalue weighted by molar-refractivity contribution is 9.11. The molecule has 0 bridgehead atoms. The number of furan rings is 3. The van der Waals surface area contributed by atoms with Crippen LogP contribution in [0.2, 0.25) is 0 Å². The number of hydrogen-bond acceptors (Lipinski definition) is 16. The van der Waals surface area contributed by atoms with Crippen LogP contribution in [0.25, 0.3) is 143 Å². The number of aromatic amines is 1. The van der Waals surface area contributed by atoms with Crippen LogP contribution >= 0.6 is 31.9 Å². The zero-order chi connectivity index (χ0) is 89.6. The molecule has 0 fully saturated rings. The Morgan fingerprint density at radius 3 is 1.41 bits per heavy atom. The van der Waals surface area contributed by atoms with Gasteiger partial charge in [0.2, 0.25) is 5.78 Å². The number of rotatable bonds is 12. The number of aliphatic hydroxyl groups is 1. The van der Waals surface area contributed by atoms with E-state index in [4.69, 9.17) is 40.1 Å². The van der Waals surface area contributed by atoms with Gasteiger partial charge in [-0.25, -0.2) is 24.0 Å². The number of nitrogens with zero attached hydrogens (tertiary/aromatic N) is 1. The van der Waals surface area contributed by atoms with Crippen LogP contribution in [-0.4, -0.2) is 27.6 Å². The Kier molecular flexibility index (Phi) is 23.4. The summed E-state index contributed by atoms with van der Waals surface area (Å²) in [4.78, 5) is 76.3. The van der Waals surface area contributed by atoms with Crippen LogP contribution in [-0.2, 0) is 19.9 Å². The van der Waals surface area contributed by atoms with Crippen LogP contribution in [0.5, 0.6) is 5.75 Å². The van der Waals surface area contributed by atoms with Gasteiger partial charge in [-0.2, -0.15) is 0 Å². The van der Waals surface area contributed by atoms with Crippen LogP contribution in [0.3, 0.4) is 0 Å². The zero-order valence-electron chi connectivity index (χ0n) is 71.1. The topological polar surface area (TPSA) is 258 Å². The van der Waals surface area contributed by atoms with Crippen molar-refractivity contribution in [1.82, 2.24) is 9.55 Å². The van der Waals surface area contributed by atoms with Gasteiger partial charge in [-0.3, -0.25) is 4.79 Å². The molecule has 0 radical (unpaired) electrons. The monoisotopic (exact) mass is 1830 g/mol. The first-order chi connectivity index (χ1) is 62.5. The van der Waals surface area contributed by atoms with Crippen LogP contribution in [0.4, 0.5) is 0 Å². The molecule has 20 heteroatoms. The van der Waals surface area contributed by atoms with E-state index in [1.807, 2.05) is 180 Å². The first-order valence-electron chi connectivity index (χ1n) is 41.6. The number of halogens is 2. The number of nitrogens with one attached hydrogen (secondary N) is 1. The SMILES string of the molecule is COc1ccc(C(=O)c2oc3ccc4c(C)cc(=O)oc4c3c2C)cc1.Cc1c(Br)c(=O)oc2c1ccc1oc(-c3ccccc3)c(Br)c12.Cc1cc(=O)oc2c1ccc1[nH]c(Cc3ccccc3)c(-c3ccccc3)c12.Cc1cc(=O)oc2c1ccc1c2c(-c2ccccc2)c(Cc2ccccc2)n1C.Cc1cc(=O)oc2c1ccc1oc(C(O)c3ccccc3)cc12. The molecule has 0 aliphatic rings. The van der Waals surface area contributed by atoms with Crippen LogP contribution in [0, 0.1) is 41.5 Å². The molecule has 0 saturated heterocycles. The number of methoxy groups -OCH3 is 1. The Labute approximate surface area is 752 Å². The second-order valence-electron chi connectivity index (χ2n) is 31.6. The van der Waals surface area contributed by atoms with Crippen LogP contribution < -0.4 is 32.9 Å². The third-order valence-corrected chi connectivity index (χ3v) is 25.1. The van der Waals surface area contributed by atoms with Crippen molar-refractivity contribution < 1.29 is 50.0 Å². The fourth-order valence-electron chi connectivity index (χ4n) is 17.0. The molecule has 0 aliphatic carbocycles. The van der Waals surface area contributed by atoms with E-state index >= 15 is 0 Å². The maximum Gasteiger partial charge on any atom is 0.350 e. The minimum atomic E-state index is -0.866. The van der Waals surface area contributed by atoms with Crippen molar-refractivity contribution in [2.75, 3.05) is 7.11 Å². The number of ketones is 1. The molecule has 22 rings (SSSR count). The molecular formula is C109H80Br2N2O16. The average Bonchev–Trinajstić information content (AvgIpc) is 1.58. The Morgan fingerprint density at radius 2 is 0.853 bits per heavy atom. The maximum absolute atomic E-state index is 12.9. The average molecular weight is 1830 g/mol. The van der Waals surface area contributed by atoms with Crippen LogP contribution in [0.1, 0.15) is 89.4 Å². The summed E-state index contributed by atoms with van der Waals surface area (Å²) in [6.45, 7) is 11.3. The molecule has 1 atom stereocenters. The summed E-state index contributed by atoms with van der Waals surface area (Å²) in [6.07, 6.45) is 0.709. The summed E-state index contributed by atoms with van der Waals surface area (Å²) in [5.41, 5.74) is 21.3. The summed E-state index contributed by atoms with van der Waals surface area (Å²) in [7, 11) is 3.66. The first-order valence-corrected chi connectivity index (χ1v) is 43.2. The number of H-pyrrole nitrogens is 1. The molecule has 2 N–H and O–H groups in total. The van der Waals surface area contributed by atoms with Crippen molar-refractivity contribution in [2.24, 2.45) is 7.05 Å². The Morgan fingerprint density at radius 1 is 0.403 bits per heavy atom. The normalized spacial score (nSPS) is 11.6. The van der Waals surface area contributed by atoms with Gasteiger partial charge in [0.15, 0.2) is 11.3 Å². The molecule has 636 valence electrons. The van der Waals surface area contributed by atoms with Crippen molar-refractivity contribution in [3.8, 4) is 39.3 Å². The summed E-state index contributed by atoms with van der Waals surface area (Å²) in [5.74, 6) is 1.82. The quantitative estimate of drug-likeness (QED) is 0.0851. The number of benzene rings is 12. The smallest absolute Gasteiger partial charge is 0.350 e. The van der Waals surface area contributed by atoms with E-state index in [0.717, 1.165) is 144 Å². The second-order valence-corrected chi connectivity index (χ2v) is 33.2. The number of aryl methyl sites for hydroxylation is 7. The second kappa shape index (κ2) is 35.7. The van der Waals surface area contributed by atoms with Gasteiger partial charge in [0, 0.05) is 110 Å². The predicted molar refractivity (Wildman–Crippen MR) is 516 cm³/mol. The van der Waals surface area contributed by atoms with E-state index in [9.17, 15) is 33.9 Å². The summed E-state index contributed by atoms with van der Waals surface area (Å²) < 4.78 is 53.9. The standard InChI is InChI=1S/C26H21NO2.C25H19NO2.C21H16O5.C19H14O4.C18H10Br2O3/c1-17-15-23(28)29-26-20(17)13-14-21-25(26)24(19-11-7-4-8-12-19)22(27(21)2)16-18-9-5-3-6-10-18;1-16-14-22(27)28-25-19(16)12-13-20-24(25)23(18-10-6-3-7-11-18)21(26-20)15-17-8-4-2-5-9-17;1-11-10-17(22)26-21-15(11)8-9-16-18(21)12(2)20(25-16)19(23)13-4-6-14(24-3)7-5-13;1-11-9-17(20)23-19-13(11)7-8-15-14(19)10-16(22-15)18(21)12-5-3-2-4-6-12;1-9-11-7-8-12-13(17(11)23-18(21)14(9)19)15(20)16(22-12)10-5-3-2-4-6-10/h3-15H,16H2,1-2H3;2-14,26H,15H2,1H3;4-10H,1-3H3;2-10,18,21H,1H3;2-8H,1H3. The van der Waals surface area contributed by atoms with E-state index in [0.29, 0.717) is 82.5 Å². The number of fused-ring (bicyclic) bond motifs is 15. The van der Waals surface area contributed by atoms with E-state index in [-0.39, 0.29) is 22.8 Å². The Bertz CT molecular complexity index is 8410. The maximum atomic E-state index is 12.9. The first kappa shape index (κ1) is 84.6. The van der Waals surface area contributed by atoms with Crippen molar-refractivity contribution in [3.05, 3.63) is 437 Å². The van der Waals surface area contributed by atoms with Gasteiger partial charge < -0.3 is 54.7 Å². The third kappa shape index (κ3) is 16.5. The third-order valence-electron chi connectivity index (χ3n) is 23.4. The number of carbonyl (C=O) groups excluding carboxylic acids is 1. The van der Waals surface area contributed by atoms with Gasteiger partial charge in [0.1, 0.15) is 66.9 Å². The lowest BCUT2D eigenvalue weighted by atomic mass is 9.97. The number of hydrogen-bond donors (Lipinski definition) is 2. The highest BCUT2D eigenvalue weighted by Crippen LogP contribution is 2.45. The highest BCUT2D eigenvalue weighted by Gasteiger charge is 2.27. The van der Waals surface area contributed by atoms with Crippen molar-refractivity contribution in [1.29, 1.82) is 0 Å². The highest BCUT2D eigenvalue weighted by atomic mass is 79.9. The number of carbonyl (C=O) groups is 1. The summed E-state index contributed by atoms with van der Waals surface area (Å²) in [6, 6.07) is 94.6. The molecule has 18 nitrogen and oxygen atoms in total. The predicted octanol–water partition coefficient (Wildman–Crippen LogP) is 26.1.